The lowest BCUT2D eigenvalue weighted by atomic mass is 10.2. The van der Waals surface area contributed by atoms with Crippen molar-refractivity contribution in [2.24, 2.45) is 0 Å². The van der Waals surface area contributed by atoms with E-state index in [-0.39, 0.29) is 0 Å². The van der Waals surface area contributed by atoms with E-state index in [0.717, 1.165) is 6.26 Å². The van der Waals surface area contributed by atoms with Crippen molar-refractivity contribution in [2.75, 3.05) is 0 Å². The molecule has 0 saturated heterocycles. The molecule has 0 amide bonds. The molecule has 0 atom stereocenters. The van der Waals surface area contributed by atoms with E-state index in [4.69, 9.17) is 0 Å². The van der Waals surface area contributed by atoms with Crippen molar-refractivity contribution >= 4 is 6.16 Å². The van der Waals surface area contributed by atoms with Crippen LogP contribution in [0.5, 0.6) is 0 Å². The van der Waals surface area contributed by atoms with Gasteiger partial charge in [0.15, 0.2) is 0 Å². The van der Waals surface area contributed by atoms with Crippen molar-refractivity contribution in [2.45, 2.75) is 26.4 Å². The van der Waals surface area contributed by atoms with E-state index in [0.29, 0.717) is 0 Å². The predicted molar refractivity (Wildman–Crippen MR) is 39.7 cm³/mol. The number of ether oxygens (including phenoxy) is 1. The molecule has 0 rings (SSSR count). The lowest BCUT2D eigenvalue weighted by Gasteiger charge is -2.14. The summed E-state index contributed by atoms with van der Waals surface area (Å²) in [6.07, 6.45) is -0.114. The first kappa shape index (κ1) is 10.9. The zero-order chi connectivity index (χ0) is 9.61. The van der Waals surface area contributed by atoms with Gasteiger partial charge < -0.3 is 4.74 Å². The Balaban J connectivity index is 3.43. The van der Waals surface area contributed by atoms with Crippen LogP contribution >= 0.6 is 0 Å². The molecule has 70 valence electrons. The first-order valence-electron chi connectivity index (χ1n) is 3.29. The maximum atomic E-state index is 10.4. The molecule has 0 N–H and O–H groups in total. The summed E-state index contributed by atoms with van der Waals surface area (Å²) >= 11 is 0. The summed E-state index contributed by atoms with van der Waals surface area (Å²) in [6.45, 7) is 8.33. The molecule has 0 aromatic carbocycles. The van der Waals surface area contributed by atoms with Crippen LogP contribution in [0.3, 0.4) is 0 Å². The Labute approximate surface area is 70.7 Å². The summed E-state index contributed by atoms with van der Waals surface area (Å²) in [7, 11) is 0. The topological polar surface area (TPSA) is 54.0 Å². The van der Waals surface area contributed by atoms with Gasteiger partial charge in [-0.25, -0.2) is 9.68 Å². The van der Waals surface area contributed by atoms with Crippen LogP contribution in [0.4, 0.5) is 4.79 Å². The fourth-order valence-corrected chi connectivity index (χ4v) is 0.235. The van der Waals surface area contributed by atoms with E-state index in [2.05, 4.69) is 26.1 Å². The molecule has 0 aromatic heterocycles. The van der Waals surface area contributed by atoms with Gasteiger partial charge in [-0.05, 0) is 25.8 Å². The first-order valence-corrected chi connectivity index (χ1v) is 3.29. The van der Waals surface area contributed by atoms with Crippen molar-refractivity contribution in [3.8, 4) is 0 Å². The van der Waals surface area contributed by atoms with Crippen LogP contribution in [0.15, 0.2) is 12.8 Å². The van der Waals surface area contributed by atoms with Crippen LogP contribution in [0, 0.1) is 0 Å². The number of carbonyl (C=O) groups excluding carboxylic acids is 1. The van der Waals surface area contributed by atoms with E-state index >= 15 is 0 Å². The van der Waals surface area contributed by atoms with Gasteiger partial charge in [0.25, 0.3) is 0 Å². The predicted octanol–water partition coefficient (Wildman–Crippen LogP) is 1.94. The van der Waals surface area contributed by atoms with Gasteiger partial charge in [-0.2, -0.15) is 4.89 Å². The molecule has 0 aliphatic heterocycles. The maximum Gasteiger partial charge on any atom is 0.547 e. The number of rotatable bonds is 3. The van der Waals surface area contributed by atoms with Crippen LogP contribution in [0.25, 0.3) is 0 Å². The summed E-state index contributed by atoms with van der Waals surface area (Å²) in [5.74, 6) is 0. The smallest absolute Gasteiger partial charge is 0.402 e. The molecule has 12 heavy (non-hydrogen) atoms. The summed E-state index contributed by atoms with van der Waals surface area (Å²) in [4.78, 5) is 19.0. The highest BCUT2D eigenvalue weighted by molar-refractivity contribution is 5.59. The van der Waals surface area contributed by atoms with Gasteiger partial charge in [-0.1, -0.05) is 6.58 Å². The van der Waals surface area contributed by atoms with Crippen molar-refractivity contribution in [1.29, 1.82) is 0 Å². The van der Waals surface area contributed by atoms with Gasteiger partial charge >= 0.3 is 6.16 Å². The third-order valence-corrected chi connectivity index (χ3v) is 0.566. The summed E-state index contributed by atoms with van der Waals surface area (Å²) in [5.41, 5.74) is -0.547. The van der Waals surface area contributed by atoms with E-state index in [1.165, 1.54) is 0 Å². The highest BCUT2D eigenvalue weighted by atomic mass is 17.5. The van der Waals surface area contributed by atoms with Gasteiger partial charge in [0.2, 0.25) is 0 Å². The van der Waals surface area contributed by atoms with Crippen molar-refractivity contribution in [1.82, 2.24) is 0 Å². The molecular formula is C7H12O5. The fraction of sp³-hybridized carbons (Fsp3) is 0.571. The first-order chi connectivity index (χ1) is 5.45. The Hall–Kier alpha value is -1.07. The van der Waals surface area contributed by atoms with E-state index in [1.807, 2.05) is 0 Å². The van der Waals surface area contributed by atoms with Crippen molar-refractivity contribution in [3.05, 3.63) is 12.8 Å². The van der Waals surface area contributed by atoms with Crippen LogP contribution in [-0.2, 0) is 19.6 Å². The Morgan fingerprint density at radius 1 is 1.42 bits per heavy atom. The average Bonchev–Trinajstić information content (AvgIpc) is 1.84. The summed E-state index contributed by atoms with van der Waals surface area (Å²) in [5, 5.41) is 4.09. The molecule has 0 fully saturated rings. The largest absolute Gasteiger partial charge is 0.547 e. The van der Waals surface area contributed by atoms with Crippen molar-refractivity contribution < 1.29 is 24.3 Å². The monoisotopic (exact) mass is 176 g/mol. The minimum Gasteiger partial charge on any atom is -0.402 e. The standard InChI is InChI=1S/C7H12O5/c1-5-9-6(8)10-12-11-7(2,3)4/h5H,1H2,2-4H3. The van der Waals surface area contributed by atoms with Crippen LogP contribution < -0.4 is 0 Å². The number of carbonyl (C=O) groups is 1. The molecular weight excluding hydrogens is 164 g/mol. The second-order valence-electron chi connectivity index (χ2n) is 2.88. The van der Waals surface area contributed by atoms with Crippen LogP contribution in [0.2, 0.25) is 0 Å². The molecule has 0 radical (unpaired) electrons. The minimum atomic E-state index is -1.03. The molecule has 0 heterocycles. The van der Waals surface area contributed by atoms with Crippen LogP contribution in [-0.4, -0.2) is 11.8 Å². The summed E-state index contributed by atoms with van der Waals surface area (Å²) < 4.78 is 4.15. The minimum absolute atomic E-state index is 0.547. The number of hydrogen-bond acceptors (Lipinski definition) is 5. The Morgan fingerprint density at radius 3 is 2.42 bits per heavy atom. The average molecular weight is 176 g/mol. The molecule has 0 saturated carbocycles. The normalized spacial score (nSPS) is 10.6. The maximum absolute atomic E-state index is 10.4. The number of hydrogen-bond donors (Lipinski definition) is 0. The third-order valence-electron chi connectivity index (χ3n) is 0.566. The molecule has 0 aliphatic carbocycles. The Bertz CT molecular complexity index is 158. The van der Waals surface area contributed by atoms with Gasteiger partial charge in [0.05, 0.1) is 11.9 Å². The zero-order valence-electron chi connectivity index (χ0n) is 7.33. The van der Waals surface area contributed by atoms with Crippen molar-refractivity contribution in [3.63, 3.8) is 0 Å². The molecule has 0 bridgehead atoms. The molecule has 0 unspecified atom stereocenters. The highest BCUT2D eigenvalue weighted by Crippen LogP contribution is 2.07. The molecule has 0 aliphatic rings. The van der Waals surface area contributed by atoms with Gasteiger partial charge in [-0.3, -0.25) is 0 Å². The third kappa shape index (κ3) is 7.04. The zero-order valence-corrected chi connectivity index (χ0v) is 7.33. The molecule has 5 nitrogen and oxygen atoms in total. The Morgan fingerprint density at radius 2 is 2.00 bits per heavy atom. The van der Waals surface area contributed by atoms with Crippen LogP contribution in [0.1, 0.15) is 20.8 Å². The second-order valence-corrected chi connectivity index (χ2v) is 2.88. The summed E-state index contributed by atoms with van der Waals surface area (Å²) in [6, 6.07) is 0. The van der Waals surface area contributed by atoms with E-state index < -0.39 is 11.8 Å². The molecule has 0 aromatic rings. The van der Waals surface area contributed by atoms with Gasteiger partial charge in [0, 0.05) is 0 Å². The van der Waals surface area contributed by atoms with E-state index in [9.17, 15) is 4.79 Å². The lowest BCUT2D eigenvalue weighted by Crippen LogP contribution is -2.20. The van der Waals surface area contributed by atoms with E-state index in [1.54, 1.807) is 20.8 Å². The highest BCUT2D eigenvalue weighted by Gasteiger charge is 2.14. The lowest BCUT2D eigenvalue weighted by molar-refractivity contribution is -0.514. The quantitative estimate of drug-likeness (QED) is 0.284. The fourth-order valence-electron chi connectivity index (χ4n) is 0.235. The second kappa shape index (κ2) is 4.74. The Kier molecular flexibility index (Phi) is 4.31. The van der Waals surface area contributed by atoms with Gasteiger partial charge in [0.1, 0.15) is 0 Å². The molecule has 5 heteroatoms. The van der Waals surface area contributed by atoms with Gasteiger partial charge in [-0.15, -0.1) is 0 Å². The molecule has 0 spiro atoms. The SMILES string of the molecule is C=COC(=O)OOOC(C)(C)C.